The number of aromatic nitrogens is 2. The number of nitrogens with zero attached hydrogens (tertiary/aromatic N) is 3. The molecule has 10 nitrogen and oxygen atoms in total. The molecule has 0 saturated carbocycles. The molecule has 1 fully saturated rings. The fourth-order valence-electron chi connectivity index (χ4n) is 4.00. The molecule has 0 bridgehead atoms. The Labute approximate surface area is 201 Å². The van der Waals surface area contributed by atoms with Gasteiger partial charge in [-0.05, 0) is 55.2 Å². The van der Waals surface area contributed by atoms with Gasteiger partial charge < -0.3 is 13.6 Å². The monoisotopic (exact) mass is 496 g/mol. The number of carbonyl (C=O) groups is 1. The van der Waals surface area contributed by atoms with E-state index in [-0.39, 0.29) is 22.4 Å². The van der Waals surface area contributed by atoms with E-state index in [4.69, 9.17) is 13.6 Å². The Kier molecular flexibility index (Phi) is 6.03. The molecule has 3 heterocycles. The van der Waals surface area contributed by atoms with Crippen LogP contribution in [-0.4, -0.2) is 49.0 Å². The van der Waals surface area contributed by atoms with Gasteiger partial charge >= 0.3 is 6.01 Å². The lowest BCUT2D eigenvalue weighted by molar-refractivity contribution is 0.102. The number of benzene rings is 2. The van der Waals surface area contributed by atoms with Crippen molar-refractivity contribution < 1.29 is 26.8 Å². The fraction of sp³-hybridized carbons (Fsp3) is 0.292. The number of hydrogen-bond donors (Lipinski definition) is 1. The van der Waals surface area contributed by atoms with Crippen LogP contribution in [0.1, 0.15) is 30.1 Å². The molecule has 0 spiro atoms. The van der Waals surface area contributed by atoms with Crippen molar-refractivity contribution in [3.8, 4) is 17.4 Å². The first-order valence-corrected chi connectivity index (χ1v) is 12.6. The molecule has 1 N–H and O–H groups in total. The molecule has 4 aromatic rings. The van der Waals surface area contributed by atoms with Crippen LogP contribution in [-0.2, 0) is 10.0 Å². The molecular weight excluding hydrogens is 472 g/mol. The van der Waals surface area contributed by atoms with Crippen LogP contribution in [0.25, 0.3) is 22.6 Å². The largest absolute Gasteiger partial charge is 0.493 e. The van der Waals surface area contributed by atoms with Gasteiger partial charge in [0.15, 0.2) is 17.1 Å². The molecule has 0 aliphatic carbocycles. The van der Waals surface area contributed by atoms with Crippen LogP contribution >= 0.6 is 0 Å². The molecule has 0 unspecified atom stereocenters. The summed E-state index contributed by atoms with van der Waals surface area (Å²) in [6.45, 7) is 3.13. The Hall–Kier alpha value is -3.70. The third kappa shape index (κ3) is 4.52. The Morgan fingerprint density at radius 1 is 1.09 bits per heavy atom. The number of carbonyl (C=O) groups excluding carboxylic acids is 1. The van der Waals surface area contributed by atoms with Crippen molar-refractivity contribution in [1.29, 1.82) is 0 Å². The highest BCUT2D eigenvalue weighted by Crippen LogP contribution is 2.33. The number of anilines is 1. The third-order valence-corrected chi connectivity index (χ3v) is 7.99. The van der Waals surface area contributed by atoms with E-state index in [2.05, 4.69) is 22.4 Å². The smallest absolute Gasteiger partial charge is 0.322 e. The lowest BCUT2D eigenvalue weighted by Crippen LogP contribution is -2.37. The normalized spacial score (nSPS) is 15.4. The number of methoxy groups -OCH3 is 1. The summed E-state index contributed by atoms with van der Waals surface area (Å²) in [5.41, 5.74) is 0.798. The molecule has 2 aromatic heterocycles. The number of piperidine rings is 1. The predicted octanol–water partition coefficient (Wildman–Crippen LogP) is 4.16. The van der Waals surface area contributed by atoms with Crippen molar-refractivity contribution >= 4 is 32.9 Å². The van der Waals surface area contributed by atoms with E-state index in [9.17, 15) is 13.2 Å². The lowest BCUT2D eigenvalue weighted by Gasteiger charge is -2.29. The molecule has 11 heteroatoms. The summed E-state index contributed by atoms with van der Waals surface area (Å²) >= 11 is 0. The van der Waals surface area contributed by atoms with Gasteiger partial charge in [-0.15, -0.1) is 5.10 Å². The van der Waals surface area contributed by atoms with Crippen LogP contribution in [0.3, 0.4) is 0 Å². The molecule has 35 heavy (non-hydrogen) atoms. The lowest BCUT2D eigenvalue weighted by atomic mass is 10.0. The van der Waals surface area contributed by atoms with Crippen LogP contribution in [0.2, 0.25) is 0 Å². The van der Waals surface area contributed by atoms with Gasteiger partial charge in [0.2, 0.25) is 10.0 Å². The van der Waals surface area contributed by atoms with Crippen LogP contribution < -0.4 is 10.1 Å². The second-order valence-electron chi connectivity index (χ2n) is 8.47. The highest BCUT2D eigenvalue weighted by Gasteiger charge is 2.28. The Morgan fingerprint density at radius 2 is 1.83 bits per heavy atom. The van der Waals surface area contributed by atoms with Crippen molar-refractivity contribution in [3.63, 3.8) is 0 Å². The molecule has 1 aliphatic rings. The Balaban J connectivity index is 1.28. The SMILES string of the molecule is COc1cccc2cc(-c3nnc(NC(=O)c4ccc(S(=O)(=O)N5CCC(C)CC5)cc4)o3)oc12. The van der Waals surface area contributed by atoms with Crippen molar-refractivity contribution in [2.75, 3.05) is 25.5 Å². The maximum Gasteiger partial charge on any atom is 0.322 e. The molecule has 1 amide bonds. The number of fused-ring (bicyclic) bond motifs is 1. The molecule has 182 valence electrons. The van der Waals surface area contributed by atoms with Gasteiger partial charge in [0.05, 0.1) is 12.0 Å². The topological polar surface area (TPSA) is 128 Å². The Morgan fingerprint density at radius 3 is 2.54 bits per heavy atom. The number of furan rings is 1. The number of amides is 1. The zero-order chi connectivity index (χ0) is 24.6. The van der Waals surface area contributed by atoms with E-state index in [1.54, 1.807) is 19.2 Å². The first-order valence-electron chi connectivity index (χ1n) is 11.2. The average molecular weight is 497 g/mol. The van der Waals surface area contributed by atoms with Crippen molar-refractivity contribution in [2.24, 2.45) is 5.92 Å². The number of rotatable bonds is 6. The first-order chi connectivity index (χ1) is 16.8. The standard InChI is InChI=1S/C24H24N4O6S/c1-15-10-12-28(13-11-15)35(30,31)18-8-6-16(7-9-18)22(29)25-24-27-26-23(34-24)20-14-17-4-3-5-19(32-2)21(17)33-20/h3-9,14-15H,10-13H2,1-2H3,(H,25,27,29). The molecule has 0 radical (unpaired) electrons. The van der Waals surface area contributed by atoms with Crippen LogP contribution in [0.15, 0.2) is 62.3 Å². The van der Waals surface area contributed by atoms with Crippen molar-refractivity contribution in [1.82, 2.24) is 14.5 Å². The highest BCUT2D eigenvalue weighted by atomic mass is 32.2. The van der Waals surface area contributed by atoms with Crippen LogP contribution in [0, 0.1) is 5.92 Å². The third-order valence-electron chi connectivity index (χ3n) is 6.08. The number of nitrogens with one attached hydrogen (secondary N) is 1. The van der Waals surface area contributed by atoms with Crippen LogP contribution in [0.4, 0.5) is 6.01 Å². The molecular formula is C24H24N4O6S. The van der Waals surface area contributed by atoms with Gasteiger partial charge in [-0.2, -0.15) is 4.31 Å². The molecule has 5 rings (SSSR count). The highest BCUT2D eigenvalue weighted by molar-refractivity contribution is 7.89. The van der Waals surface area contributed by atoms with Gasteiger partial charge in [0.1, 0.15) is 0 Å². The fourth-order valence-corrected chi connectivity index (χ4v) is 5.47. The maximum atomic E-state index is 12.9. The van der Waals surface area contributed by atoms with Crippen LogP contribution in [0.5, 0.6) is 5.75 Å². The van der Waals surface area contributed by atoms with E-state index < -0.39 is 15.9 Å². The second-order valence-corrected chi connectivity index (χ2v) is 10.4. The first kappa shape index (κ1) is 23.1. The minimum atomic E-state index is -3.59. The number of ether oxygens (including phenoxy) is 1. The van der Waals surface area contributed by atoms with E-state index in [0.29, 0.717) is 36.1 Å². The van der Waals surface area contributed by atoms with Gasteiger partial charge in [0.25, 0.3) is 11.8 Å². The summed E-state index contributed by atoms with van der Waals surface area (Å²) in [5, 5.41) is 11.1. The summed E-state index contributed by atoms with van der Waals surface area (Å²) in [7, 11) is -2.04. The minimum Gasteiger partial charge on any atom is -0.493 e. The molecule has 0 atom stereocenters. The van der Waals surface area contributed by atoms with Gasteiger partial charge in [0, 0.05) is 24.0 Å². The van der Waals surface area contributed by atoms with E-state index >= 15 is 0 Å². The second kappa shape index (κ2) is 9.16. The Bertz CT molecular complexity index is 1470. The van der Waals surface area contributed by atoms with Gasteiger partial charge in [-0.3, -0.25) is 10.1 Å². The average Bonchev–Trinajstić information content (AvgIpc) is 3.51. The number of sulfonamides is 1. The number of para-hydroxylation sites is 1. The predicted molar refractivity (Wildman–Crippen MR) is 128 cm³/mol. The molecule has 1 aliphatic heterocycles. The maximum absolute atomic E-state index is 12.9. The minimum absolute atomic E-state index is 0.0934. The zero-order valence-electron chi connectivity index (χ0n) is 19.2. The van der Waals surface area contributed by atoms with Gasteiger partial charge in [-0.25, -0.2) is 8.42 Å². The van der Waals surface area contributed by atoms with E-state index in [1.807, 2.05) is 12.1 Å². The van der Waals surface area contributed by atoms with Crippen molar-refractivity contribution in [2.45, 2.75) is 24.7 Å². The van der Waals surface area contributed by atoms with Crippen molar-refractivity contribution in [3.05, 3.63) is 54.1 Å². The van der Waals surface area contributed by atoms with Gasteiger partial charge in [-0.1, -0.05) is 24.2 Å². The number of hydrogen-bond acceptors (Lipinski definition) is 8. The van der Waals surface area contributed by atoms with E-state index in [1.165, 1.54) is 28.6 Å². The molecule has 2 aromatic carbocycles. The summed E-state index contributed by atoms with van der Waals surface area (Å²) in [5.74, 6) is 1.01. The summed E-state index contributed by atoms with van der Waals surface area (Å²) in [6, 6.07) is 12.9. The quantitative estimate of drug-likeness (QED) is 0.421. The summed E-state index contributed by atoms with van der Waals surface area (Å²) in [6.07, 6.45) is 1.68. The summed E-state index contributed by atoms with van der Waals surface area (Å²) in [4.78, 5) is 12.8. The zero-order valence-corrected chi connectivity index (χ0v) is 20.0. The summed E-state index contributed by atoms with van der Waals surface area (Å²) < 4.78 is 43.9. The van der Waals surface area contributed by atoms with E-state index in [0.717, 1.165) is 18.2 Å². The molecule has 1 saturated heterocycles.